The average Bonchev–Trinajstić information content (AvgIpc) is 2.90. The molecule has 1 atom stereocenters. The first-order valence-electron chi connectivity index (χ1n) is 6.43. The smallest absolute Gasteiger partial charge is 0.237 e. The van der Waals surface area contributed by atoms with E-state index in [0.717, 1.165) is 0 Å². The number of anilines is 2. The molecule has 3 N–H and O–H groups in total. The minimum atomic E-state index is -0.284. The van der Waals surface area contributed by atoms with Crippen LogP contribution in [0.3, 0.4) is 0 Å². The zero-order valence-corrected chi connectivity index (χ0v) is 14.4. The Balaban J connectivity index is 2.04. The summed E-state index contributed by atoms with van der Waals surface area (Å²) in [5.74, 6) is 0.438. The number of aromatic nitrogens is 2. The molecule has 0 bridgehead atoms. The number of nitrogens with two attached hydrogens (primary N) is 1. The van der Waals surface area contributed by atoms with Gasteiger partial charge in [-0.1, -0.05) is 41.6 Å². The van der Waals surface area contributed by atoms with Crippen molar-refractivity contribution >= 4 is 51.4 Å². The van der Waals surface area contributed by atoms with Gasteiger partial charge in [0, 0.05) is 5.69 Å². The summed E-state index contributed by atoms with van der Waals surface area (Å²) >= 11 is 8.65. The van der Waals surface area contributed by atoms with Crippen molar-refractivity contribution < 1.29 is 9.53 Å². The summed E-state index contributed by atoms with van der Waals surface area (Å²) in [7, 11) is 1.54. The van der Waals surface area contributed by atoms with Crippen LogP contribution in [0.15, 0.2) is 22.5 Å². The maximum absolute atomic E-state index is 12.3. The lowest BCUT2D eigenvalue weighted by Crippen LogP contribution is -2.24. The molecule has 0 aliphatic rings. The molecule has 0 saturated heterocycles. The van der Waals surface area contributed by atoms with Crippen LogP contribution in [0.2, 0.25) is 5.02 Å². The Morgan fingerprint density at radius 3 is 2.86 bits per heavy atom. The zero-order valence-electron chi connectivity index (χ0n) is 12.0. The van der Waals surface area contributed by atoms with Crippen molar-refractivity contribution in [1.29, 1.82) is 0 Å². The van der Waals surface area contributed by atoms with Crippen LogP contribution in [-0.2, 0) is 4.79 Å². The number of nitrogens with zero attached hydrogens (tertiary/aromatic N) is 2. The first kappa shape index (κ1) is 16.9. The van der Waals surface area contributed by atoms with Crippen molar-refractivity contribution in [3.05, 3.63) is 23.2 Å². The third-order valence-corrected chi connectivity index (χ3v) is 5.24. The zero-order chi connectivity index (χ0) is 16.1. The summed E-state index contributed by atoms with van der Waals surface area (Å²) < 4.78 is 5.75. The van der Waals surface area contributed by atoms with E-state index in [4.69, 9.17) is 22.1 Å². The van der Waals surface area contributed by atoms with E-state index in [0.29, 0.717) is 32.4 Å². The van der Waals surface area contributed by atoms with Crippen LogP contribution in [0.1, 0.15) is 13.3 Å². The second-order valence-corrected chi connectivity index (χ2v) is 7.13. The normalized spacial score (nSPS) is 12.0. The van der Waals surface area contributed by atoms with E-state index in [2.05, 4.69) is 15.5 Å². The molecule has 0 aliphatic carbocycles. The highest BCUT2D eigenvalue weighted by atomic mass is 35.5. The minimum Gasteiger partial charge on any atom is -0.495 e. The highest BCUT2D eigenvalue weighted by molar-refractivity contribution is 8.02. The number of methoxy groups -OCH3 is 1. The predicted molar refractivity (Wildman–Crippen MR) is 90.9 cm³/mol. The molecule has 0 spiro atoms. The summed E-state index contributed by atoms with van der Waals surface area (Å²) in [6.07, 6.45) is 0.653. The van der Waals surface area contributed by atoms with Crippen LogP contribution >= 0.6 is 34.7 Å². The van der Waals surface area contributed by atoms with Crippen molar-refractivity contribution in [1.82, 2.24) is 10.2 Å². The number of hydrogen-bond acceptors (Lipinski definition) is 7. The Hall–Kier alpha value is -1.51. The number of amides is 1. The van der Waals surface area contributed by atoms with Gasteiger partial charge in [0.1, 0.15) is 5.75 Å². The van der Waals surface area contributed by atoms with Gasteiger partial charge >= 0.3 is 0 Å². The van der Waals surface area contributed by atoms with E-state index in [1.54, 1.807) is 18.2 Å². The van der Waals surface area contributed by atoms with Gasteiger partial charge in [0.2, 0.25) is 11.0 Å². The second kappa shape index (κ2) is 7.66. The molecule has 118 valence electrons. The molecule has 9 heteroatoms. The van der Waals surface area contributed by atoms with Gasteiger partial charge in [-0.3, -0.25) is 4.79 Å². The molecular formula is C13H15ClN4O2S2. The third kappa shape index (κ3) is 4.25. The van der Waals surface area contributed by atoms with Crippen LogP contribution in [0.5, 0.6) is 5.75 Å². The van der Waals surface area contributed by atoms with Crippen molar-refractivity contribution in [2.24, 2.45) is 0 Å². The Morgan fingerprint density at radius 1 is 1.55 bits per heavy atom. The molecule has 0 fully saturated rings. The molecule has 22 heavy (non-hydrogen) atoms. The van der Waals surface area contributed by atoms with Crippen LogP contribution in [0.4, 0.5) is 10.8 Å². The summed E-state index contributed by atoms with van der Waals surface area (Å²) in [5, 5.41) is 11.0. The maximum atomic E-state index is 12.3. The monoisotopic (exact) mass is 358 g/mol. The molecular weight excluding hydrogens is 344 g/mol. The topological polar surface area (TPSA) is 90.1 Å². The van der Waals surface area contributed by atoms with Gasteiger partial charge in [-0.05, 0) is 24.6 Å². The lowest BCUT2D eigenvalue weighted by atomic mass is 10.2. The lowest BCUT2D eigenvalue weighted by molar-refractivity contribution is -0.115. The van der Waals surface area contributed by atoms with Gasteiger partial charge in [-0.25, -0.2) is 0 Å². The summed E-state index contributed by atoms with van der Waals surface area (Å²) in [6.45, 7) is 1.93. The Morgan fingerprint density at radius 2 is 2.32 bits per heavy atom. The van der Waals surface area contributed by atoms with Crippen LogP contribution < -0.4 is 15.8 Å². The van der Waals surface area contributed by atoms with Gasteiger partial charge < -0.3 is 15.8 Å². The minimum absolute atomic E-state index is 0.123. The van der Waals surface area contributed by atoms with Gasteiger partial charge in [-0.15, -0.1) is 10.2 Å². The van der Waals surface area contributed by atoms with Crippen LogP contribution in [0.25, 0.3) is 0 Å². The molecule has 1 aromatic carbocycles. The molecule has 2 aromatic rings. The van der Waals surface area contributed by atoms with Gasteiger partial charge in [-0.2, -0.15) is 0 Å². The van der Waals surface area contributed by atoms with Crippen LogP contribution in [-0.4, -0.2) is 28.5 Å². The number of thioether (sulfide) groups is 1. The summed E-state index contributed by atoms with van der Waals surface area (Å²) in [6, 6.07) is 5.10. The fourth-order valence-corrected chi connectivity index (χ4v) is 3.74. The van der Waals surface area contributed by atoms with Crippen molar-refractivity contribution in [3.8, 4) is 5.75 Å². The van der Waals surface area contributed by atoms with E-state index in [-0.39, 0.29) is 11.2 Å². The van der Waals surface area contributed by atoms with Gasteiger partial charge in [0.25, 0.3) is 0 Å². The molecule has 0 radical (unpaired) electrons. The van der Waals surface area contributed by atoms with E-state index in [1.807, 2.05) is 6.92 Å². The van der Waals surface area contributed by atoms with Crippen molar-refractivity contribution in [3.63, 3.8) is 0 Å². The molecule has 2 rings (SSSR count). The number of halogens is 1. The lowest BCUT2D eigenvalue weighted by Gasteiger charge is -2.13. The van der Waals surface area contributed by atoms with Gasteiger partial charge in [0.05, 0.1) is 17.4 Å². The van der Waals surface area contributed by atoms with E-state index in [1.165, 1.54) is 30.2 Å². The average molecular weight is 359 g/mol. The molecule has 1 heterocycles. The first-order valence-corrected chi connectivity index (χ1v) is 8.51. The highest BCUT2D eigenvalue weighted by Crippen LogP contribution is 2.31. The van der Waals surface area contributed by atoms with E-state index < -0.39 is 0 Å². The Kier molecular flexibility index (Phi) is 5.87. The maximum Gasteiger partial charge on any atom is 0.237 e. The number of nitrogens with one attached hydrogen (secondary N) is 1. The molecule has 0 saturated carbocycles. The number of rotatable bonds is 6. The summed E-state index contributed by atoms with van der Waals surface area (Å²) in [4.78, 5) is 12.3. The standard InChI is InChI=1S/C13H15ClN4O2S2/c1-3-10(21-13-18-17-12(15)22-13)11(19)16-7-4-5-9(20-2)8(14)6-7/h4-6,10H,3H2,1-2H3,(H2,15,17)(H,16,19). The number of carbonyl (C=O) groups excluding carboxylic acids is 1. The molecule has 1 amide bonds. The molecule has 0 aliphatic heterocycles. The quantitative estimate of drug-likeness (QED) is 0.770. The number of hydrogen-bond donors (Lipinski definition) is 2. The fourth-order valence-electron chi connectivity index (χ4n) is 1.68. The number of nitrogen functional groups attached to an aromatic ring is 1. The molecule has 1 aromatic heterocycles. The summed E-state index contributed by atoms with van der Waals surface area (Å²) in [5.41, 5.74) is 6.16. The molecule has 1 unspecified atom stereocenters. The van der Waals surface area contributed by atoms with Crippen molar-refractivity contribution in [2.75, 3.05) is 18.2 Å². The Bertz CT molecular complexity index is 665. The molecule has 6 nitrogen and oxygen atoms in total. The SMILES string of the molecule is CCC(Sc1nnc(N)s1)C(=O)Nc1ccc(OC)c(Cl)c1. The largest absolute Gasteiger partial charge is 0.495 e. The second-order valence-electron chi connectivity index (χ2n) is 4.26. The number of ether oxygens (including phenoxy) is 1. The van der Waals surface area contributed by atoms with E-state index in [9.17, 15) is 4.79 Å². The first-order chi connectivity index (χ1) is 10.5. The fraction of sp³-hybridized carbons (Fsp3) is 0.308. The predicted octanol–water partition coefficient (Wildman–Crippen LogP) is 3.29. The van der Waals surface area contributed by atoms with Gasteiger partial charge in [0.15, 0.2) is 4.34 Å². The van der Waals surface area contributed by atoms with Crippen LogP contribution in [0, 0.1) is 0 Å². The van der Waals surface area contributed by atoms with E-state index >= 15 is 0 Å². The third-order valence-electron chi connectivity index (χ3n) is 2.75. The number of carbonyl (C=O) groups is 1. The van der Waals surface area contributed by atoms with Crippen molar-refractivity contribution in [2.45, 2.75) is 22.9 Å². The Labute approximate surface area is 141 Å². The highest BCUT2D eigenvalue weighted by Gasteiger charge is 2.20. The number of benzene rings is 1.